The topological polar surface area (TPSA) is 68.0 Å². The van der Waals surface area contributed by atoms with Crippen LogP contribution in [0.25, 0.3) is 0 Å². The lowest BCUT2D eigenvalue weighted by Crippen LogP contribution is -2.23. The smallest absolute Gasteiger partial charge is 0.358 e. The molecule has 0 unspecified atom stereocenters. The molecular weight excluding hydrogens is 230 g/mol. The van der Waals surface area contributed by atoms with Crippen molar-refractivity contribution in [2.45, 2.75) is 59.9 Å². The number of nitrogens with zero attached hydrogens (tertiary/aromatic N) is 3. The van der Waals surface area contributed by atoms with E-state index in [1.54, 1.807) is 4.68 Å². The Bertz CT molecular complexity index is 436. The summed E-state index contributed by atoms with van der Waals surface area (Å²) in [5, 5.41) is 16.9. The van der Waals surface area contributed by atoms with E-state index in [4.69, 9.17) is 5.11 Å². The first-order chi connectivity index (χ1) is 8.02. The van der Waals surface area contributed by atoms with E-state index < -0.39 is 5.97 Å². The Morgan fingerprint density at radius 1 is 1.22 bits per heavy atom. The van der Waals surface area contributed by atoms with Crippen LogP contribution in [0.3, 0.4) is 0 Å². The fraction of sp³-hybridized carbons (Fsp3) is 0.769. The largest absolute Gasteiger partial charge is 0.476 e. The molecule has 5 nitrogen and oxygen atoms in total. The molecule has 0 aliphatic carbocycles. The number of aryl methyl sites for hydroxylation is 1. The summed E-state index contributed by atoms with van der Waals surface area (Å²) >= 11 is 0. The van der Waals surface area contributed by atoms with Gasteiger partial charge in [-0.25, -0.2) is 9.48 Å². The van der Waals surface area contributed by atoms with Crippen molar-refractivity contribution in [1.82, 2.24) is 15.0 Å². The lowest BCUT2D eigenvalue weighted by molar-refractivity contribution is 0.0687. The van der Waals surface area contributed by atoms with Gasteiger partial charge in [0.25, 0.3) is 0 Å². The zero-order valence-corrected chi connectivity index (χ0v) is 12.1. The summed E-state index contributed by atoms with van der Waals surface area (Å²) in [7, 11) is 0. The Labute approximate surface area is 108 Å². The van der Waals surface area contributed by atoms with Crippen LogP contribution < -0.4 is 0 Å². The van der Waals surface area contributed by atoms with Crippen molar-refractivity contribution in [2.75, 3.05) is 0 Å². The summed E-state index contributed by atoms with van der Waals surface area (Å²) in [6, 6.07) is 0. The minimum absolute atomic E-state index is 0.0661. The van der Waals surface area contributed by atoms with Gasteiger partial charge in [-0.15, -0.1) is 5.10 Å². The van der Waals surface area contributed by atoms with E-state index in [-0.39, 0.29) is 16.5 Å². The van der Waals surface area contributed by atoms with Gasteiger partial charge in [-0.1, -0.05) is 46.8 Å². The van der Waals surface area contributed by atoms with Crippen molar-refractivity contribution in [2.24, 2.45) is 5.41 Å². The number of aromatic carboxylic acids is 1. The molecule has 1 N–H and O–H groups in total. The second kappa shape index (κ2) is 4.71. The summed E-state index contributed by atoms with van der Waals surface area (Å²) < 4.78 is 1.73. The minimum Gasteiger partial charge on any atom is -0.476 e. The van der Waals surface area contributed by atoms with Gasteiger partial charge in [-0.3, -0.25) is 0 Å². The van der Waals surface area contributed by atoms with Crippen molar-refractivity contribution in [3.63, 3.8) is 0 Å². The van der Waals surface area contributed by atoms with Gasteiger partial charge in [0.15, 0.2) is 5.69 Å². The Kier molecular flexibility index (Phi) is 3.84. The molecule has 0 saturated carbocycles. The summed E-state index contributed by atoms with van der Waals surface area (Å²) in [6.45, 7) is 13.1. The molecule has 5 heteroatoms. The van der Waals surface area contributed by atoms with Crippen molar-refractivity contribution < 1.29 is 9.90 Å². The molecule has 0 amide bonds. The van der Waals surface area contributed by atoms with E-state index in [9.17, 15) is 4.79 Å². The average Bonchev–Trinajstić information content (AvgIpc) is 2.56. The number of carboxylic acids is 1. The highest BCUT2D eigenvalue weighted by atomic mass is 16.4. The molecular formula is C13H23N3O2. The van der Waals surface area contributed by atoms with E-state index in [1.807, 2.05) is 20.8 Å². The van der Waals surface area contributed by atoms with E-state index >= 15 is 0 Å². The quantitative estimate of drug-likeness (QED) is 0.899. The first-order valence-electron chi connectivity index (χ1n) is 6.19. The number of aromatic nitrogens is 3. The van der Waals surface area contributed by atoms with Crippen molar-refractivity contribution in [3.8, 4) is 0 Å². The maximum absolute atomic E-state index is 11.2. The standard InChI is InChI=1S/C13H23N3O2/c1-12(2,3)7-8-16-10(13(4,5)6)9(11(17)18)14-15-16/h7-8H2,1-6H3,(H,17,18). The molecule has 0 saturated heterocycles. The van der Waals surface area contributed by atoms with Crippen LogP contribution in [0.2, 0.25) is 0 Å². The fourth-order valence-electron chi connectivity index (χ4n) is 1.80. The Hall–Kier alpha value is -1.39. The second-order valence-corrected chi connectivity index (χ2v) is 6.88. The Morgan fingerprint density at radius 3 is 2.17 bits per heavy atom. The Morgan fingerprint density at radius 2 is 1.78 bits per heavy atom. The third-order valence-corrected chi connectivity index (χ3v) is 2.72. The second-order valence-electron chi connectivity index (χ2n) is 6.88. The molecule has 0 fully saturated rings. The van der Waals surface area contributed by atoms with E-state index in [2.05, 4.69) is 31.1 Å². The van der Waals surface area contributed by atoms with Crippen molar-refractivity contribution >= 4 is 5.97 Å². The normalized spacial score (nSPS) is 12.8. The van der Waals surface area contributed by atoms with Crippen LogP contribution in [0.4, 0.5) is 0 Å². The van der Waals surface area contributed by atoms with Gasteiger partial charge < -0.3 is 5.11 Å². The summed E-state index contributed by atoms with van der Waals surface area (Å²) in [4.78, 5) is 11.2. The molecule has 1 aromatic rings. The summed E-state index contributed by atoms with van der Waals surface area (Å²) in [5.41, 5.74) is 0.662. The average molecular weight is 253 g/mol. The third-order valence-electron chi connectivity index (χ3n) is 2.72. The lowest BCUT2D eigenvalue weighted by atomic mass is 9.89. The van der Waals surface area contributed by atoms with Gasteiger partial charge in [0, 0.05) is 12.0 Å². The molecule has 0 atom stereocenters. The maximum atomic E-state index is 11.2. The zero-order valence-electron chi connectivity index (χ0n) is 12.1. The molecule has 1 aromatic heterocycles. The predicted molar refractivity (Wildman–Crippen MR) is 69.8 cm³/mol. The van der Waals surface area contributed by atoms with Crippen LogP contribution in [-0.4, -0.2) is 26.1 Å². The van der Waals surface area contributed by atoms with E-state index in [1.165, 1.54) is 0 Å². The first-order valence-corrected chi connectivity index (χ1v) is 6.19. The number of hydrogen-bond acceptors (Lipinski definition) is 3. The highest BCUT2D eigenvalue weighted by molar-refractivity contribution is 5.86. The maximum Gasteiger partial charge on any atom is 0.358 e. The molecule has 102 valence electrons. The SMILES string of the molecule is CC(C)(C)CCn1nnc(C(=O)O)c1C(C)(C)C. The fourth-order valence-corrected chi connectivity index (χ4v) is 1.80. The van der Waals surface area contributed by atoms with Crippen LogP contribution in [0.5, 0.6) is 0 Å². The van der Waals surface area contributed by atoms with Gasteiger partial charge in [-0.05, 0) is 11.8 Å². The monoisotopic (exact) mass is 253 g/mol. The highest BCUT2D eigenvalue weighted by Crippen LogP contribution is 2.26. The molecule has 0 aliphatic rings. The summed E-state index contributed by atoms with van der Waals surface area (Å²) in [6.07, 6.45) is 0.929. The van der Waals surface area contributed by atoms with Crippen LogP contribution in [0.15, 0.2) is 0 Å². The van der Waals surface area contributed by atoms with Crippen LogP contribution in [0.1, 0.15) is 64.1 Å². The minimum atomic E-state index is -1.01. The van der Waals surface area contributed by atoms with Crippen LogP contribution >= 0.6 is 0 Å². The molecule has 1 heterocycles. The van der Waals surface area contributed by atoms with Gasteiger partial charge >= 0.3 is 5.97 Å². The molecule has 0 radical (unpaired) electrons. The lowest BCUT2D eigenvalue weighted by Gasteiger charge is -2.23. The highest BCUT2D eigenvalue weighted by Gasteiger charge is 2.29. The molecule has 0 bridgehead atoms. The van der Waals surface area contributed by atoms with E-state index in [0.29, 0.717) is 12.2 Å². The number of carbonyl (C=O) groups is 1. The van der Waals surface area contributed by atoms with Crippen LogP contribution in [-0.2, 0) is 12.0 Å². The zero-order chi connectivity index (χ0) is 14.1. The molecule has 1 rings (SSSR count). The number of carboxylic acid groups (broad SMARTS) is 1. The van der Waals surface area contributed by atoms with Gasteiger partial charge in [0.05, 0.1) is 5.69 Å². The van der Waals surface area contributed by atoms with Crippen molar-refractivity contribution in [1.29, 1.82) is 0 Å². The number of rotatable bonds is 3. The predicted octanol–water partition coefficient (Wildman–Crippen LogP) is 2.71. The van der Waals surface area contributed by atoms with Gasteiger partial charge in [0.2, 0.25) is 0 Å². The molecule has 0 spiro atoms. The third kappa shape index (κ3) is 3.55. The number of hydrogen-bond donors (Lipinski definition) is 1. The van der Waals surface area contributed by atoms with Crippen molar-refractivity contribution in [3.05, 3.63) is 11.4 Å². The molecule has 0 aliphatic heterocycles. The first kappa shape index (κ1) is 14.7. The molecule has 0 aromatic carbocycles. The van der Waals surface area contributed by atoms with E-state index in [0.717, 1.165) is 6.42 Å². The molecule has 18 heavy (non-hydrogen) atoms. The van der Waals surface area contributed by atoms with Gasteiger partial charge in [0.1, 0.15) is 0 Å². The van der Waals surface area contributed by atoms with Crippen LogP contribution in [0, 0.1) is 5.41 Å². The Balaban J connectivity index is 3.10. The summed E-state index contributed by atoms with van der Waals surface area (Å²) in [5.74, 6) is -1.01. The van der Waals surface area contributed by atoms with Gasteiger partial charge in [-0.2, -0.15) is 0 Å².